The van der Waals surface area contributed by atoms with Gasteiger partial charge in [0.15, 0.2) is 0 Å². The molecule has 1 aromatic rings. The molecule has 0 heterocycles. The molecule has 0 aliphatic heterocycles. The number of phenols is 1. The molecule has 0 spiro atoms. The maximum absolute atomic E-state index is 10.9. The first kappa shape index (κ1) is 11.0. The number of carboxylic acids is 1. The standard InChI is InChI=1S/C12H15NO3/c13-11(12(15)16)10-8-4-2-1-3-7(8)5-6-9(10)14/h5-6,11,14H,1-4,13H2,(H,15,16). The highest BCUT2D eigenvalue weighted by Gasteiger charge is 2.24. The number of nitrogens with two attached hydrogens (primary N) is 1. The summed E-state index contributed by atoms with van der Waals surface area (Å²) in [5, 5.41) is 18.7. The summed E-state index contributed by atoms with van der Waals surface area (Å²) in [5.74, 6) is -1.11. The highest BCUT2D eigenvalue weighted by atomic mass is 16.4. The van der Waals surface area contributed by atoms with E-state index in [1.54, 1.807) is 6.07 Å². The van der Waals surface area contributed by atoms with E-state index < -0.39 is 12.0 Å². The number of aromatic hydroxyl groups is 1. The number of carboxylic acid groups (broad SMARTS) is 1. The molecule has 4 heteroatoms. The third kappa shape index (κ3) is 1.76. The van der Waals surface area contributed by atoms with Gasteiger partial charge in [-0.25, -0.2) is 0 Å². The van der Waals surface area contributed by atoms with Crippen LogP contribution < -0.4 is 5.73 Å². The molecule has 0 saturated carbocycles. The number of hydrogen-bond donors (Lipinski definition) is 3. The van der Waals surface area contributed by atoms with Crippen molar-refractivity contribution < 1.29 is 15.0 Å². The molecule has 4 nitrogen and oxygen atoms in total. The van der Waals surface area contributed by atoms with Crippen molar-refractivity contribution in [2.45, 2.75) is 31.7 Å². The van der Waals surface area contributed by atoms with Crippen LogP contribution in [0.25, 0.3) is 0 Å². The molecule has 86 valence electrons. The van der Waals surface area contributed by atoms with E-state index in [2.05, 4.69) is 0 Å². The molecule has 0 fully saturated rings. The average Bonchev–Trinajstić information content (AvgIpc) is 2.28. The van der Waals surface area contributed by atoms with Crippen LogP contribution in [-0.4, -0.2) is 16.2 Å². The number of benzene rings is 1. The number of hydrogen-bond acceptors (Lipinski definition) is 3. The van der Waals surface area contributed by atoms with E-state index in [9.17, 15) is 9.90 Å². The quantitative estimate of drug-likeness (QED) is 0.704. The number of phenolic OH excluding ortho intramolecular Hbond substituents is 1. The molecule has 0 saturated heterocycles. The van der Waals surface area contributed by atoms with Gasteiger partial charge in [-0.15, -0.1) is 0 Å². The number of aryl methyl sites for hydroxylation is 1. The first-order chi connectivity index (χ1) is 7.61. The van der Waals surface area contributed by atoms with Gasteiger partial charge in [0.1, 0.15) is 11.8 Å². The van der Waals surface area contributed by atoms with E-state index in [0.717, 1.165) is 36.8 Å². The summed E-state index contributed by atoms with van der Waals surface area (Å²) in [4.78, 5) is 10.9. The van der Waals surface area contributed by atoms with Crippen LogP contribution in [0.1, 0.15) is 35.6 Å². The van der Waals surface area contributed by atoms with Gasteiger partial charge in [0.2, 0.25) is 0 Å². The van der Waals surface area contributed by atoms with Crippen molar-refractivity contribution >= 4 is 5.97 Å². The lowest BCUT2D eigenvalue weighted by molar-refractivity contribution is -0.138. The average molecular weight is 221 g/mol. The maximum Gasteiger partial charge on any atom is 0.325 e. The predicted molar refractivity (Wildman–Crippen MR) is 59.3 cm³/mol. The van der Waals surface area contributed by atoms with Crippen LogP contribution in [0.15, 0.2) is 12.1 Å². The Balaban J connectivity index is 2.53. The summed E-state index contributed by atoms with van der Waals surface area (Å²) in [6, 6.07) is 2.28. The summed E-state index contributed by atoms with van der Waals surface area (Å²) < 4.78 is 0. The fourth-order valence-corrected chi connectivity index (χ4v) is 2.31. The molecule has 0 amide bonds. The number of rotatable bonds is 2. The highest BCUT2D eigenvalue weighted by molar-refractivity contribution is 5.77. The van der Waals surface area contributed by atoms with Crippen molar-refractivity contribution in [1.82, 2.24) is 0 Å². The Morgan fingerprint density at radius 3 is 2.69 bits per heavy atom. The largest absolute Gasteiger partial charge is 0.508 e. The fourth-order valence-electron chi connectivity index (χ4n) is 2.31. The van der Waals surface area contributed by atoms with E-state index in [4.69, 9.17) is 10.8 Å². The summed E-state index contributed by atoms with van der Waals surface area (Å²) in [6.45, 7) is 0. The fraction of sp³-hybridized carbons (Fsp3) is 0.417. The zero-order chi connectivity index (χ0) is 11.7. The van der Waals surface area contributed by atoms with Crippen molar-refractivity contribution in [2.75, 3.05) is 0 Å². The molecule has 0 radical (unpaired) electrons. The van der Waals surface area contributed by atoms with Gasteiger partial charge < -0.3 is 15.9 Å². The number of fused-ring (bicyclic) bond motifs is 1. The van der Waals surface area contributed by atoms with Crippen molar-refractivity contribution in [3.05, 3.63) is 28.8 Å². The molecule has 1 aliphatic rings. The molecule has 1 aromatic carbocycles. The van der Waals surface area contributed by atoms with Gasteiger partial charge in [-0.2, -0.15) is 0 Å². The first-order valence-corrected chi connectivity index (χ1v) is 5.43. The van der Waals surface area contributed by atoms with E-state index in [1.165, 1.54) is 0 Å². The van der Waals surface area contributed by atoms with Gasteiger partial charge in [0.25, 0.3) is 0 Å². The van der Waals surface area contributed by atoms with E-state index in [0.29, 0.717) is 5.56 Å². The normalized spacial score (nSPS) is 16.6. The maximum atomic E-state index is 10.9. The topological polar surface area (TPSA) is 83.6 Å². The van der Waals surface area contributed by atoms with Crippen molar-refractivity contribution in [2.24, 2.45) is 5.73 Å². The minimum Gasteiger partial charge on any atom is -0.508 e. The molecule has 1 aliphatic carbocycles. The van der Waals surface area contributed by atoms with Crippen LogP contribution in [0.4, 0.5) is 0 Å². The third-order valence-corrected chi connectivity index (χ3v) is 3.13. The molecule has 1 atom stereocenters. The lowest BCUT2D eigenvalue weighted by Gasteiger charge is -2.22. The Labute approximate surface area is 93.7 Å². The van der Waals surface area contributed by atoms with Crippen molar-refractivity contribution in [1.29, 1.82) is 0 Å². The summed E-state index contributed by atoms with van der Waals surface area (Å²) in [6.07, 6.45) is 3.88. The molecular weight excluding hydrogens is 206 g/mol. The van der Waals surface area contributed by atoms with Gasteiger partial charge in [-0.05, 0) is 42.9 Å². The lowest BCUT2D eigenvalue weighted by atomic mass is 9.85. The Morgan fingerprint density at radius 1 is 1.31 bits per heavy atom. The lowest BCUT2D eigenvalue weighted by Crippen LogP contribution is -2.23. The SMILES string of the molecule is NC(C(=O)O)c1c(O)ccc2c1CCCC2. The second kappa shape index (κ2) is 4.14. The van der Waals surface area contributed by atoms with Crippen LogP contribution >= 0.6 is 0 Å². The molecule has 0 aromatic heterocycles. The van der Waals surface area contributed by atoms with Crippen LogP contribution in [0, 0.1) is 0 Å². The number of carbonyl (C=O) groups is 1. The zero-order valence-corrected chi connectivity index (χ0v) is 8.94. The van der Waals surface area contributed by atoms with Crippen LogP contribution in [0.5, 0.6) is 5.75 Å². The van der Waals surface area contributed by atoms with Crippen LogP contribution in [0.2, 0.25) is 0 Å². The molecule has 16 heavy (non-hydrogen) atoms. The zero-order valence-electron chi connectivity index (χ0n) is 8.94. The molecule has 2 rings (SSSR count). The van der Waals surface area contributed by atoms with Gasteiger partial charge in [-0.3, -0.25) is 4.79 Å². The Morgan fingerprint density at radius 2 is 2.00 bits per heavy atom. The second-order valence-electron chi connectivity index (χ2n) is 4.16. The van der Waals surface area contributed by atoms with E-state index in [1.807, 2.05) is 6.07 Å². The smallest absolute Gasteiger partial charge is 0.325 e. The minimum absolute atomic E-state index is 0.00412. The van der Waals surface area contributed by atoms with Gasteiger partial charge in [-0.1, -0.05) is 6.07 Å². The van der Waals surface area contributed by atoms with Gasteiger partial charge in [0.05, 0.1) is 0 Å². The van der Waals surface area contributed by atoms with E-state index >= 15 is 0 Å². The molecule has 1 unspecified atom stereocenters. The second-order valence-corrected chi connectivity index (χ2v) is 4.16. The summed E-state index contributed by atoms with van der Waals surface area (Å²) >= 11 is 0. The Kier molecular flexibility index (Phi) is 2.83. The summed E-state index contributed by atoms with van der Waals surface area (Å²) in [5.41, 5.74) is 8.05. The Hall–Kier alpha value is -1.55. The van der Waals surface area contributed by atoms with Crippen LogP contribution in [-0.2, 0) is 17.6 Å². The first-order valence-electron chi connectivity index (χ1n) is 5.43. The van der Waals surface area contributed by atoms with Crippen molar-refractivity contribution in [3.63, 3.8) is 0 Å². The Bertz CT molecular complexity index is 429. The van der Waals surface area contributed by atoms with E-state index in [-0.39, 0.29) is 5.75 Å². The van der Waals surface area contributed by atoms with Gasteiger partial charge >= 0.3 is 5.97 Å². The van der Waals surface area contributed by atoms with Crippen LogP contribution in [0.3, 0.4) is 0 Å². The van der Waals surface area contributed by atoms with Crippen molar-refractivity contribution in [3.8, 4) is 5.75 Å². The predicted octanol–water partition coefficient (Wildman–Crippen LogP) is 1.36. The molecule has 4 N–H and O–H groups in total. The number of aliphatic carboxylic acids is 1. The molecule has 0 bridgehead atoms. The monoisotopic (exact) mass is 221 g/mol. The van der Waals surface area contributed by atoms with Gasteiger partial charge in [0, 0.05) is 5.56 Å². The summed E-state index contributed by atoms with van der Waals surface area (Å²) in [7, 11) is 0. The molecular formula is C12H15NO3. The highest BCUT2D eigenvalue weighted by Crippen LogP contribution is 2.33. The minimum atomic E-state index is -1.13. The third-order valence-electron chi connectivity index (χ3n) is 3.13.